The van der Waals surface area contributed by atoms with E-state index in [1.165, 1.54) is 0 Å². The number of likely N-dealkylation sites (tertiary alicyclic amines) is 1. The van der Waals surface area contributed by atoms with Crippen LogP contribution in [0.4, 0.5) is 0 Å². The molecule has 2 unspecified atom stereocenters. The summed E-state index contributed by atoms with van der Waals surface area (Å²) in [6.07, 6.45) is 1.66. The van der Waals surface area contributed by atoms with E-state index in [4.69, 9.17) is 5.73 Å². The molecule has 5 heteroatoms. The third-order valence-electron chi connectivity index (χ3n) is 3.64. The second-order valence-corrected chi connectivity index (χ2v) is 5.51. The predicted molar refractivity (Wildman–Crippen MR) is 70.8 cm³/mol. The van der Waals surface area contributed by atoms with E-state index in [0.29, 0.717) is 13.1 Å². The van der Waals surface area contributed by atoms with E-state index in [1.807, 2.05) is 13.8 Å². The molecule has 1 rings (SSSR count). The van der Waals surface area contributed by atoms with E-state index in [1.54, 1.807) is 23.9 Å². The average molecular weight is 255 g/mol. The maximum absolute atomic E-state index is 12.4. The van der Waals surface area contributed by atoms with Gasteiger partial charge in [-0.25, -0.2) is 0 Å². The molecule has 0 aliphatic carbocycles. The quantitative estimate of drug-likeness (QED) is 0.785. The number of amides is 2. The minimum Gasteiger partial charge on any atom is -0.347 e. The lowest BCUT2D eigenvalue weighted by atomic mass is 9.94. The highest BCUT2D eigenvalue weighted by molar-refractivity contribution is 5.89. The van der Waals surface area contributed by atoms with Gasteiger partial charge in [-0.1, -0.05) is 13.8 Å². The molecule has 2 N–H and O–H groups in total. The van der Waals surface area contributed by atoms with Gasteiger partial charge in [0.1, 0.15) is 6.04 Å². The lowest BCUT2D eigenvalue weighted by Crippen LogP contribution is -2.49. The molecule has 1 fully saturated rings. The van der Waals surface area contributed by atoms with E-state index in [0.717, 1.165) is 12.8 Å². The minimum absolute atomic E-state index is 0.0142. The number of hydrogen-bond acceptors (Lipinski definition) is 3. The summed E-state index contributed by atoms with van der Waals surface area (Å²) < 4.78 is 0. The van der Waals surface area contributed by atoms with Gasteiger partial charge < -0.3 is 15.5 Å². The molecule has 0 aromatic carbocycles. The van der Waals surface area contributed by atoms with E-state index in [9.17, 15) is 9.59 Å². The van der Waals surface area contributed by atoms with Gasteiger partial charge in [-0.05, 0) is 18.8 Å². The van der Waals surface area contributed by atoms with Gasteiger partial charge in [-0.2, -0.15) is 0 Å². The summed E-state index contributed by atoms with van der Waals surface area (Å²) in [5, 5.41) is 0. The molecular formula is C13H25N3O2. The SMILES string of the molecule is CC(C)C(CN)C(=O)N1CCCC1C(=O)N(C)C. The van der Waals surface area contributed by atoms with Crippen LogP contribution in [0.1, 0.15) is 26.7 Å². The molecule has 5 nitrogen and oxygen atoms in total. The van der Waals surface area contributed by atoms with Crippen LogP contribution in [0.5, 0.6) is 0 Å². The molecule has 0 saturated carbocycles. The summed E-state index contributed by atoms with van der Waals surface area (Å²) in [6.45, 7) is 5.00. The second kappa shape index (κ2) is 6.18. The molecule has 0 radical (unpaired) electrons. The zero-order valence-electron chi connectivity index (χ0n) is 11.8. The Morgan fingerprint density at radius 1 is 1.39 bits per heavy atom. The van der Waals surface area contributed by atoms with Crippen LogP contribution in [0.15, 0.2) is 0 Å². The maximum Gasteiger partial charge on any atom is 0.244 e. The van der Waals surface area contributed by atoms with E-state index < -0.39 is 0 Å². The Bertz CT molecular complexity index is 315. The number of carbonyl (C=O) groups excluding carboxylic acids is 2. The molecular weight excluding hydrogens is 230 g/mol. The highest BCUT2D eigenvalue weighted by Gasteiger charge is 2.37. The van der Waals surface area contributed by atoms with Gasteiger partial charge in [0.15, 0.2) is 0 Å². The van der Waals surface area contributed by atoms with Crippen molar-refractivity contribution in [2.75, 3.05) is 27.2 Å². The van der Waals surface area contributed by atoms with Crippen LogP contribution in [0, 0.1) is 11.8 Å². The third-order valence-corrected chi connectivity index (χ3v) is 3.64. The molecule has 0 aromatic rings. The standard InChI is InChI=1S/C13H25N3O2/c1-9(2)10(8-14)12(17)16-7-5-6-11(16)13(18)15(3)4/h9-11H,5-8,14H2,1-4H3. The first kappa shape index (κ1) is 15.0. The zero-order chi connectivity index (χ0) is 13.9. The van der Waals surface area contributed by atoms with Crippen molar-refractivity contribution in [3.05, 3.63) is 0 Å². The molecule has 0 spiro atoms. The average Bonchev–Trinajstić information content (AvgIpc) is 2.76. The Morgan fingerprint density at radius 3 is 2.44 bits per heavy atom. The fraction of sp³-hybridized carbons (Fsp3) is 0.846. The Kier molecular flexibility index (Phi) is 5.14. The Balaban J connectivity index is 2.81. The lowest BCUT2D eigenvalue weighted by molar-refractivity contribution is -0.145. The van der Waals surface area contributed by atoms with Crippen LogP contribution >= 0.6 is 0 Å². The fourth-order valence-corrected chi connectivity index (χ4v) is 2.46. The number of carbonyl (C=O) groups is 2. The lowest BCUT2D eigenvalue weighted by Gasteiger charge is -2.30. The van der Waals surface area contributed by atoms with Crippen LogP contribution in [-0.4, -0.2) is 54.8 Å². The van der Waals surface area contributed by atoms with E-state index >= 15 is 0 Å². The highest BCUT2D eigenvalue weighted by atomic mass is 16.2. The molecule has 1 aliphatic heterocycles. The summed E-state index contributed by atoms with van der Waals surface area (Å²) in [7, 11) is 3.46. The predicted octanol–water partition coefficient (Wildman–Crippen LogP) is 0.297. The van der Waals surface area contributed by atoms with Crippen molar-refractivity contribution in [3.63, 3.8) is 0 Å². The summed E-state index contributed by atoms with van der Waals surface area (Å²) >= 11 is 0. The van der Waals surface area contributed by atoms with E-state index in [-0.39, 0.29) is 29.7 Å². The van der Waals surface area contributed by atoms with Gasteiger partial charge in [0.05, 0.1) is 5.92 Å². The second-order valence-electron chi connectivity index (χ2n) is 5.51. The van der Waals surface area contributed by atoms with Crippen LogP contribution in [0.3, 0.4) is 0 Å². The van der Waals surface area contributed by atoms with Crippen LogP contribution < -0.4 is 5.73 Å². The van der Waals surface area contributed by atoms with Gasteiger partial charge in [-0.3, -0.25) is 9.59 Å². The molecule has 2 amide bonds. The van der Waals surface area contributed by atoms with Crippen LogP contribution in [0.2, 0.25) is 0 Å². The monoisotopic (exact) mass is 255 g/mol. The Hall–Kier alpha value is -1.10. The van der Waals surface area contributed by atoms with Crippen molar-refractivity contribution in [1.82, 2.24) is 9.80 Å². The molecule has 1 saturated heterocycles. The summed E-state index contributed by atoms with van der Waals surface area (Å²) in [6, 6.07) is -0.291. The van der Waals surface area contributed by atoms with Crippen molar-refractivity contribution in [1.29, 1.82) is 0 Å². The Morgan fingerprint density at radius 2 is 2.00 bits per heavy atom. The topological polar surface area (TPSA) is 66.6 Å². The van der Waals surface area contributed by atoms with Crippen LogP contribution in [0.25, 0.3) is 0 Å². The molecule has 104 valence electrons. The molecule has 1 aliphatic rings. The maximum atomic E-state index is 12.4. The number of hydrogen-bond donors (Lipinski definition) is 1. The summed E-state index contributed by atoms with van der Waals surface area (Å²) in [5.74, 6) is 0.0735. The minimum atomic E-state index is -0.291. The van der Waals surface area contributed by atoms with Crippen molar-refractivity contribution in [2.24, 2.45) is 17.6 Å². The first-order valence-electron chi connectivity index (χ1n) is 6.61. The Labute approximate surface area is 109 Å². The molecule has 0 bridgehead atoms. The summed E-state index contributed by atoms with van der Waals surface area (Å²) in [5.41, 5.74) is 5.68. The molecule has 2 atom stereocenters. The number of likely N-dealkylation sites (N-methyl/N-ethyl adjacent to an activating group) is 1. The largest absolute Gasteiger partial charge is 0.347 e. The van der Waals surface area contributed by atoms with Gasteiger partial charge in [0.25, 0.3) is 0 Å². The normalized spacial score (nSPS) is 21.2. The van der Waals surface area contributed by atoms with Gasteiger partial charge >= 0.3 is 0 Å². The van der Waals surface area contributed by atoms with Gasteiger partial charge in [-0.15, -0.1) is 0 Å². The van der Waals surface area contributed by atoms with E-state index in [2.05, 4.69) is 0 Å². The van der Waals surface area contributed by atoms with Crippen LogP contribution in [-0.2, 0) is 9.59 Å². The van der Waals surface area contributed by atoms with Crippen molar-refractivity contribution in [3.8, 4) is 0 Å². The first-order chi connectivity index (χ1) is 8.40. The van der Waals surface area contributed by atoms with Crippen molar-refractivity contribution < 1.29 is 9.59 Å². The van der Waals surface area contributed by atoms with Crippen molar-refractivity contribution in [2.45, 2.75) is 32.7 Å². The fourth-order valence-electron chi connectivity index (χ4n) is 2.46. The number of nitrogens with zero attached hydrogens (tertiary/aromatic N) is 2. The first-order valence-corrected chi connectivity index (χ1v) is 6.61. The zero-order valence-corrected chi connectivity index (χ0v) is 11.8. The van der Waals surface area contributed by atoms with Gasteiger partial charge in [0.2, 0.25) is 11.8 Å². The number of rotatable bonds is 4. The number of nitrogens with two attached hydrogens (primary N) is 1. The summed E-state index contributed by atoms with van der Waals surface area (Å²) in [4.78, 5) is 27.8. The van der Waals surface area contributed by atoms with Crippen molar-refractivity contribution >= 4 is 11.8 Å². The van der Waals surface area contributed by atoms with Gasteiger partial charge in [0, 0.05) is 27.2 Å². The smallest absolute Gasteiger partial charge is 0.244 e. The highest BCUT2D eigenvalue weighted by Crippen LogP contribution is 2.23. The molecule has 0 aromatic heterocycles. The molecule has 18 heavy (non-hydrogen) atoms. The third kappa shape index (κ3) is 3.02. The molecule has 1 heterocycles.